The van der Waals surface area contributed by atoms with Crippen LogP contribution in [0, 0.1) is 19.3 Å². The van der Waals surface area contributed by atoms with Gasteiger partial charge < -0.3 is 23.8 Å². The summed E-state index contributed by atoms with van der Waals surface area (Å²) in [7, 11) is 5.22. The summed E-state index contributed by atoms with van der Waals surface area (Å²) in [6.07, 6.45) is 7.12. The van der Waals surface area contributed by atoms with Gasteiger partial charge in [0.15, 0.2) is 11.5 Å². The van der Waals surface area contributed by atoms with Gasteiger partial charge in [-0.15, -0.1) is 6.42 Å². The first-order chi connectivity index (χ1) is 15.1. The van der Waals surface area contributed by atoms with Crippen molar-refractivity contribution < 1.29 is 18.9 Å². The molecule has 0 aliphatic carbocycles. The van der Waals surface area contributed by atoms with Crippen molar-refractivity contribution in [1.29, 1.82) is 0 Å². The number of methoxy groups -OCH3 is 2. The molecule has 0 aliphatic heterocycles. The number of fused-ring (bicyclic) bond motifs is 1. The molecule has 1 heterocycles. The van der Waals surface area contributed by atoms with Crippen molar-refractivity contribution in [1.82, 2.24) is 9.97 Å². The molecule has 0 saturated carbocycles. The second-order valence-corrected chi connectivity index (χ2v) is 6.86. The second kappa shape index (κ2) is 10.6. The standard InChI is InChI=1S/C24H27N3O4/c1-6-18-8-7-9-19(14-18)27(3)24-20-15-21(30-12-10-28-4)23(31-13-11-29-5)17(2)22(20)25-16-26-24/h1,7-9,14-16H,10-13H2,2-5H3. The molecule has 7 heteroatoms. The summed E-state index contributed by atoms with van der Waals surface area (Å²) in [5.41, 5.74) is 3.39. The Balaban J connectivity index is 2.10. The van der Waals surface area contributed by atoms with Gasteiger partial charge in [0.2, 0.25) is 0 Å². The third-order valence-corrected chi connectivity index (χ3v) is 4.85. The molecule has 0 spiro atoms. The third-order valence-electron chi connectivity index (χ3n) is 4.85. The van der Waals surface area contributed by atoms with Gasteiger partial charge in [-0.05, 0) is 31.2 Å². The van der Waals surface area contributed by atoms with E-state index >= 15 is 0 Å². The fourth-order valence-electron chi connectivity index (χ4n) is 3.25. The molecule has 0 atom stereocenters. The van der Waals surface area contributed by atoms with Crippen LogP contribution < -0.4 is 14.4 Å². The van der Waals surface area contributed by atoms with Crippen LogP contribution in [0.25, 0.3) is 10.9 Å². The molecule has 2 aromatic carbocycles. The van der Waals surface area contributed by atoms with E-state index in [1.807, 2.05) is 49.2 Å². The fourth-order valence-corrected chi connectivity index (χ4v) is 3.25. The monoisotopic (exact) mass is 421 g/mol. The Hall–Kier alpha value is -3.34. The van der Waals surface area contributed by atoms with Gasteiger partial charge in [-0.3, -0.25) is 0 Å². The zero-order chi connectivity index (χ0) is 22.2. The number of terminal acetylenes is 1. The van der Waals surface area contributed by atoms with Crippen LogP contribution in [0.3, 0.4) is 0 Å². The van der Waals surface area contributed by atoms with Crippen LogP contribution in [0.4, 0.5) is 11.5 Å². The van der Waals surface area contributed by atoms with Crippen LogP contribution in [-0.4, -0.2) is 57.7 Å². The lowest BCUT2D eigenvalue weighted by atomic mass is 10.1. The molecule has 3 aromatic rings. The summed E-state index contributed by atoms with van der Waals surface area (Å²) < 4.78 is 22.2. The van der Waals surface area contributed by atoms with Crippen LogP contribution in [0.2, 0.25) is 0 Å². The minimum atomic E-state index is 0.394. The van der Waals surface area contributed by atoms with Gasteiger partial charge in [-0.25, -0.2) is 9.97 Å². The number of rotatable bonds is 10. The Bertz CT molecular complexity index is 1080. The predicted octanol–water partition coefficient (Wildman–Crippen LogP) is 3.74. The topological polar surface area (TPSA) is 65.9 Å². The Morgan fingerprint density at radius 2 is 1.74 bits per heavy atom. The van der Waals surface area contributed by atoms with Gasteiger partial charge >= 0.3 is 0 Å². The van der Waals surface area contributed by atoms with E-state index in [0.29, 0.717) is 37.9 Å². The van der Waals surface area contributed by atoms with E-state index in [4.69, 9.17) is 25.4 Å². The Morgan fingerprint density at radius 1 is 1.00 bits per heavy atom. The fraction of sp³-hybridized carbons (Fsp3) is 0.333. The van der Waals surface area contributed by atoms with E-state index in [-0.39, 0.29) is 0 Å². The summed E-state index contributed by atoms with van der Waals surface area (Å²) >= 11 is 0. The molecule has 0 N–H and O–H groups in total. The minimum absolute atomic E-state index is 0.394. The summed E-state index contributed by atoms with van der Waals surface area (Å²) in [6, 6.07) is 9.66. The number of nitrogens with zero attached hydrogens (tertiary/aromatic N) is 3. The molecule has 0 amide bonds. The highest BCUT2D eigenvalue weighted by atomic mass is 16.5. The number of anilines is 2. The van der Waals surface area contributed by atoms with E-state index in [1.54, 1.807) is 20.5 Å². The molecule has 162 valence electrons. The van der Waals surface area contributed by atoms with Crippen LogP contribution in [0.1, 0.15) is 11.1 Å². The third kappa shape index (κ3) is 5.05. The number of hydrogen-bond acceptors (Lipinski definition) is 7. The van der Waals surface area contributed by atoms with Crippen molar-refractivity contribution in [3.8, 4) is 23.8 Å². The molecule has 0 fully saturated rings. The van der Waals surface area contributed by atoms with E-state index in [9.17, 15) is 0 Å². The number of ether oxygens (including phenoxy) is 4. The minimum Gasteiger partial charge on any atom is -0.487 e. The van der Waals surface area contributed by atoms with Crippen molar-refractivity contribution in [3.63, 3.8) is 0 Å². The second-order valence-electron chi connectivity index (χ2n) is 6.86. The highest BCUT2D eigenvalue weighted by Gasteiger charge is 2.19. The van der Waals surface area contributed by atoms with Gasteiger partial charge in [0.25, 0.3) is 0 Å². The average molecular weight is 421 g/mol. The normalized spacial score (nSPS) is 10.7. The van der Waals surface area contributed by atoms with Gasteiger partial charge in [0.1, 0.15) is 25.4 Å². The van der Waals surface area contributed by atoms with Crippen molar-refractivity contribution >= 4 is 22.4 Å². The molecule has 0 bridgehead atoms. The molecule has 0 unspecified atom stereocenters. The molecular formula is C24H27N3O4. The van der Waals surface area contributed by atoms with Gasteiger partial charge in [-0.2, -0.15) is 0 Å². The largest absolute Gasteiger partial charge is 0.487 e. The molecule has 7 nitrogen and oxygen atoms in total. The maximum atomic E-state index is 5.98. The predicted molar refractivity (Wildman–Crippen MR) is 121 cm³/mol. The number of benzene rings is 2. The highest BCUT2D eigenvalue weighted by Crippen LogP contribution is 2.40. The number of aryl methyl sites for hydroxylation is 1. The van der Waals surface area contributed by atoms with Crippen LogP contribution in [0.5, 0.6) is 11.5 Å². The van der Waals surface area contributed by atoms with Crippen LogP contribution in [-0.2, 0) is 9.47 Å². The highest BCUT2D eigenvalue weighted by molar-refractivity contribution is 5.96. The van der Waals surface area contributed by atoms with Gasteiger partial charge in [-0.1, -0.05) is 12.0 Å². The lowest BCUT2D eigenvalue weighted by Crippen LogP contribution is -2.13. The zero-order valence-corrected chi connectivity index (χ0v) is 18.3. The average Bonchev–Trinajstić information content (AvgIpc) is 2.80. The lowest BCUT2D eigenvalue weighted by molar-refractivity contribution is 0.132. The Kier molecular flexibility index (Phi) is 7.65. The van der Waals surface area contributed by atoms with E-state index < -0.39 is 0 Å². The Morgan fingerprint density at radius 3 is 2.45 bits per heavy atom. The van der Waals surface area contributed by atoms with Crippen molar-refractivity contribution in [3.05, 3.63) is 47.8 Å². The van der Waals surface area contributed by atoms with Crippen LogP contribution in [0.15, 0.2) is 36.7 Å². The van der Waals surface area contributed by atoms with Gasteiger partial charge in [0.05, 0.1) is 18.7 Å². The maximum Gasteiger partial charge on any atom is 0.166 e. The van der Waals surface area contributed by atoms with E-state index in [2.05, 4.69) is 15.9 Å². The Labute approximate surface area is 182 Å². The van der Waals surface area contributed by atoms with E-state index in [0.717, 1.165) is 33.5 Å². The van der Waals surface area contributed by atoms with Crippen molar-refractivity contribution in [2.75, 3.05) is 52.6 Å². The zero-order valence-electron chi connectivity index (χ0n) is 18.3. The summed E-state index contributed by atoms with van der Waals surface area (Å²) in [5, 5.41) is 0.847. The van der Waals surface area contributed by atoms with Crippen LogP contribution >= 0.6 is 0 Å². The molecule has 0 saturated heterocycles. The first-order valence-electron chi connectivity index (χ1n) is 9.92. The first kappa shape index (κ1) is 22.3. The molecule has 0 radical (unpaired) electrons. The van der Waals surface area contributed by atoms with E-state index in [1.165, 1.54) is 0 Å². The number of hydrogen-bond donors (Lipinski definition) is 0. The summed E-state index contributed by atoms with van der Waals surface area (Å²) in [4.78, 5) is 11.0. The number of aromatic nitrogens is 2. The molecule has 31 heavy (non-hydrogen) atoms. The van der Waals surface area contributed by atoms with Gasteiger partial charge in [0, 0.05) is 43.5 Å². The SMILES string of the molecule is C#Cc1cccc(N(C)c2ncnc3c(C)c(OCCOC)c(OCCOC)cc23)c1. The summed E-state index contributed by atoms with van der Waals surface area (Å²) in [6.45, 7) is 3.69. The summed E-state index contributed by atoms with van der Waals surface area (Å²) in [5.74, 6) is 4.66. The first-order valence-corrected chi connectivity index (χ1v) is 9.92. The molecule has 0 aliphatic rings. The molecule has 3 rings (SSSR count). The molecule has 1 aromatic heterocycles. The molecular weight excluding hydrogens is 394 g/mol. The quantitative estimate of drug-likeness (QED) is 0.365. The maximum absolute atomic E-state index is 5.98. The van der Waals surface area contributed by atoms with Crippen molar-refractivity contribution in [2.45, 2.75) is 6.92 Å². The lowest BCUT2D eigenvalue weighted by Gasteiger charge is -2.22. The van der Waals surface area contributed by atoms with Crippen molar-refractivity contribution in [2.24, 2.45) is 0 Å². The smallest absolute Gasteiger partial charge is 0.166 e.